The molecule has 2 aromatic heterocycles. The molecule has 0 amide bonds. The van der Waals surface area contributed by atoms with Gasteiger partial charge in [-0.1, -0.05) is 6.58 Å². The van der Waals surface area contributed by atoms with Crippen LogP contribution in [0, 0.1) is 6.92 Å². The van der Waals surface area contributed by atoms with Crippen molar-refractivity contribution in [2.75, 3.05) is 7.05 Å². The van der Waals surface area contributed by atoms with Crippen molar-refractivity contribution in [3.8, 4) is 11.5 Å². The normalized spacial score (nSPS) is 10.9. The van der Waals surface area contributed by atoms with E-state index in [0.29, 0.717) is 11.6 Å². The van der Waals surface area contributed by atoms with Crippen LogP contribution in [0.5, 0.6) is 0 Å². The van der Waals surface area contributed by atoms with Gasteiger partial charge in [0.05, 0.1) is 12.4 Å². The monoisotopic (exact) mass is 227 g/mol. The van der Waals surface area contributed by atoms with E-state index in [1.807, 2.05) is 17.6 Å². The minimum Gasteiger partial charge on any atom is -0.296 e. The molecule has 0 N–H and O–H groups in total. The van der Waals surface area contributed by atoms with Crippen molar-refractivity contribution in [3.05, 3.63) is 36.6 Å². The van der Waals surface area contributed by atoms with E-state index in [9.17, 15) is 0 Å². The number of nitrogens with zero attached hydrogens (tertiary/aromatic N) is 5. The summed E-state index contributed by atoms with van der Waals surface area (Å²) >= 11 is 0. The third-order valence-corrected chi connectivity index (χ3v) is 2.28. The molecule has 0 bridgehead atoms. The van der Waals surface area contributed by atoms with Crippen molar-refractivity contribution >= 4 is 12.4 Å². The lowest BCUT2D eigenvalue weighted by Gasteiger charge is -2.03. The fourth-order valence-electron chi connectivity index (χ4n) is 1.52. The second-order valence-electron chi connectivity index (χ2n) is 3.46. The minimum atomic E-state index is 0.633. The topological polar surface area (TPSA) is 56.0 Å². The molecule has 0 aliphatic heterocycles. The van der Waals surface area contributed by atoms with Gasteiger partial charge in [-0.3, -0.25) is 9.56 Å². The molecule has 5 nitrogen and oxygen atoms in total. The number of aliphatic imine (C=N–C) groups is 1. The maximum absolute atomic E-state index is 4.36. The van der Waals surface area contributed by atoms with E-state index in [-0.39, 0.29) is 0 Å². The van der Waals surface area contributed by atoms with Crippen LogP contribution >= 0.6 is 0 Å². The molecule has 0 fully saturated rings. The quantitative estimate of drug-likeness (QED) is 0.751. The highest BCUT2D eigenvalue weighted by Crippen LogP contribution is 2.16. The standard InChI is InChI=1S/C12H13N5/c1-4-17-10(7-15-11(17)8-13-3)12-14-6-5-9(2)16-12/h4-8H,1H2,2-3H3. The van der Waals surface area contributed by atoms with Crippen LogP contribution in [0.4, 0.5) is 0 Å². The molecule has 2 rings (SSSR count). The Balaban J connectivity index is 2.56. The van der Waals surface area contributed by atoms with Crippen molar-refractivity contribution in [2.24, 2.45) is 4.99 Å². The zero-order valence-corrected chi connectivity index (χ0v) is 9.83. The molecule has 17 heavy (non-hydrogen) atoms. The highest BCUT2D eigenvalue weighted by Gasteiger charge is 2.10. The zero-order chi connectivity index (χ0) is 12.3. The van der Waals surface area contributed by atoms with Crippen LogP contribution in [0.3, 0.4) is 0 Å². The summed E-state index contributed by atoms with van der Waals surface area (Å²) in [6.45, 7) is 5.69. The third kappa shape index (κ3) is 2.13. The summed E-state index contributed by atoms with van der Waals surface area (Å²) in [7, 11) is 1.70. The van der Waals surface area contributed by atoms with Crippen LogP contribution in [-0.2, 0) is 0 Å². The maximum atomic E-state index is 4.36. The number of rotatable bonds is 3. The van der Waals surface area contributed by atoms with Gasteiger partial charge in [0.1, 0.15) is 5.69 Å². The lowest BCUT2D eigenvalue weighted by Crippen LogP contribution is -1.99. The third-order valence-electron chi connectivity index (χ3n) is 2.28. The Morgan fingerprint density at radius 1 is 1.41 bits per heavy atom. The number of imidazole rings is 1. The molecular formula is C12H13N5. The first-order chi connectivity index (χ1) is 8.26. The fourth-order valence-corrected chi connectivity index (χ4v) is 1.52. The molecule has 0 unspecified atom stereocenters. The van der Waals surface area contributed by atoms with Crippen molar-refractivity contribution in [1.29, 1.82) is 0 Å². The second kappa shape index (κ2) is 4.69. The van der Waals surface area contributed by atoms with Gasteiger partial charge < -0.3 is 0 Å². The van der Waals surface area contributed by atoms with Crippen LogP contribution in [-0.4, -0.2) is 32.8 Å². The van der Waals surface area contributed by atoms with Crippen molar-refractivity contribution in [1.82, 2.24) is 19.5 Å². The molecule has 0 saturated heterocycles. The summed E-state index contributed by atoms with van der Waals surface area (Å²) in [6, 6.07) is 1.85. The zero-order valence-electron chi connectivity index (χ0n) is 9.83. The van der Waals surface area contributed by atoms with Gasteiger partial charge in [0.25, 0.3) is 0 Å². The molecule has 5 heteroatoms. The molecular weight excluding hydrogens is 214 g/mol. The Bertz CT molecular complexity index is 568. The Morgan fingerprint density at radius 3 is 2.88 bits per heavy atom. The van der Waals surface area contributed by atoms with Gasteiger partial charge in [-0.05, 0) is 13.0 Å². The van der Waals surface area contributed by atoms with Gasteiger partial charge >= 0.3 is 0 Å². The van der Waals surface area contributed by atoms with Gasteiger partial charge in [-0.15, -0.1) is 0 Å². The predicted molar refractivity (Wildman–Crippen MR) is 67.9 cm³/mol. The summed E-state index contributed by atoms with van der Waals surface area (Å²) in [6.07, 6.45) is 6.78. The summed E-state index contributed by atoms with van der Waals surface area (Å²) in [5.74, 6) is 1.34. The highest BCUT2D eigenvalue weighted by atomic mass is 15.1. The summed E-state index contributed by atoms with van der Waals surface area (Å²) in [5.41, 5.74) is 1.72. The Hall–Kier alpha value is -2.30. The Morgan fingerprint density at radius 2 is 2.24 bits per heavy atom. The highest BCUT2D eigenvalue weighted by molar-refractivity contribution is 5.78. The van der Waals surface area contributed by atoms with Gasteiger partial charge in [-0.2, -0.15) is 0 Å². The molecule has 0 spiro atoms. The average Bonchev–Trinajstić information content (AvgIpc) is 2.72. The van der Waals surface area contributed by atoms with Gasteiger partial charge in [0, 0.05) is 25.1 Å². The Kier molecular flexibility index (Phi) is 3.09. The van der Waals surface area contributed by atoms with Crippen LogP contribution in [0.1, 0.15) is 11.5 Å². The minimum absolute atomic E-state index is 0.633. The summed E-state index contributed by atoms with van der Waals surface area (Å²) < 4.78 is 1.81. The SMILES string of the molecule is C=Cn1c(-c2nccc(C)n2)cnc1C=NC. The van der Waals surface area contributed by atoms with E-state index in [1.165, 1.54) is 0 Å². The first-order valence-electron chi connectivity index (χ1n) is 5.18. The molecule has 0 aliphatic rings. The second-order valence-corrected chi connectivity index (χ2v) is 3.46. The fraction of sp³-hybridized carbons (Fsp3) is 0.167. The first-order valence-corrected chi connectivity index (χ1v) is 5.18. The Labute approximate surface area is 99.6 Å². The molecule has 0 aromatic carbocycles. The van der Waals surface area contributed by atoms with Crippen LogP contribution in [0.15, 0.2) is 30.0 Å². The van der Waals surface area contributed by atoms with E-state index in [2.05, 4.69) is 26.5 Å². The molecule has 0 saturated carbocycles. The first kappa shape index (κ1) is 11.2. The van der Waals surface area contributed by atoms with Gasteiger partial charge in [0.15, 0.2) is 11.6 Å². The van der Waals surface area contributed by atoms with Gasteiger partial charge in [-0.25, -0.2) is 15.0 Å². The van der Waals surface area contributed by atoms with Gasteiger partial charge in [0.2, 0.25) is 0 Å². The lowest BCUT2D eigenvalue weighted by molar-refractivity contribution is 1.05. The number of hydrogen-bond acceptors (Lipinski definition) is 4. The molecule has 86 valence electrons. The van der Waals surface area contributed by atoms with Crippen molar-refractivity contribution < 1.29 is 0 Å². The van der Waals surface area contributed by atoms with Crippen LogP contribution in [0.25, 0.3) is 17.7 Å². The molecule has 2 aromatic rings. The maximum Gasteiger partial charge on any atom is 0.178 e. The average molecular weight is 227 g/mol. The number of aryl methyl sites for hydroxylation is 1. The largest absolute Gasteiger partial charge is 0.296 e. The molecule has 0 aliphatic carbocycles. The van der Waals surface area contributed by atoms with Crippen molar-refractivity contribution in [3.63, 3.8) is 0 Å². The molecule has 0 atom stereocenters. The van der Waals surface area contributed by atoms with E-state index in [4.69, 9.17) is 0 Å². The molecule has 0 radical (unpaired) electrons. The van der Waals surface area contributed by atoms with Crippen LogP contribution < -0.4 is 0 Å². The summed E-state index contributed by atoms with van der Waals surface area (Å²) in [5, 5.41) is 0. The van der Waals surface area contributed by atoms with E-state index in [1.54, 1.807) is 31.9 Å². The van der Waals surface area contributed by atoms with E-state index >= 15 is 0 Å². The van der Waals surface area contributed by atoms with E-state index < -0.39 is 0 Å². The van der Waals surface area contributed by atoms with Crippen LogP contribution in [0.2, 0.25) is 0 Å². The van der Waals surface area contributed by atoms with Crippen molar-refractivity contribution in [2.45, 2.75) is 6.92 Å². The molecule has 2 heterocycles. The smallest absolute Gasteiger partial charge is 0.178 e. The number of hydrogen-bond donors (Lipinski definition) is 0. The predicted octanol–water partition coefficient (Wildman–Crippen LogP) is 1.80. The van der Waals surface area contributed by atoms with E-state index in [0.717, 1.165) is 11.4 Å². The number of aromatic nitrogens is 4. The summed E-state index contributed by atoms with van der Waals surface area (Å²) in [4.78, 5) is 16.8. The lowest BCUT2D eigenvalue weighted by atomic mass is 10.4.